The van der Waals surface area contributed by atoms with Crippen LogP contribution in [-0.2, 0) is 11.0 Å². The number of amidine groups is 1. The second-order valence-corrected chi connectivity index (χ2v) is 9.54. The van der Waals surface area contributed by atoms with Crippen LogP contribution in [0.3, 0.4) is 0 Å². The van der Waals surface area contributed by atoms with Gasteiger partial charge in [0.05, 0.1) is 23.7 Å². The van der Waals surface area contributed by atoms with Crippen molar-refractivity contribution in [3.05, 3.63) is 89.2 Å². The van der Waals surface area contributed by atoms with Gasteiger partial charge in [-0.25, -0.2) is 18.2 Å². The van der Waals surface area contributed by atoms with Gasteiger partial charge in [-0.05, 0) is 49.2 Å². The number of hydrogen-bond acceptors (Lipinski definition) is 4. The molecule has 1 unspecified atom stereocenters. The van der Waals surface area contributed by atoms with Crippen LogP contribution >= 0.6 is 0 Å². The van der Waals surface area contributed by atoms with Crippen LogP contribution in [0.15, 0.2) is 65.7 Å². The summed E-state index contributed by atoms with van der Waals surface area (Å²) in [5.41, 5.74) is -0.412. The molecule has 2 heterocycles. The predicted molar refractivity (Wildman–Crippen MR) is 134 cm³/mol. The highest BCUT2D eigenvalue weighted by Crippen LogP contribution is 2.44. The first-order chi connectivity index (χ1) is 18.5. The number of halogens is 6. The number of aliphatic carboxylic acids is 1. The molecule has 204 valence electrons. The van der Waals surface area contributed by atoms with Gasteiger partial charge in [0.1, 0.15) is 29.0 Å². The van der Waals surface area contributed by atoms with Gasteiger partial charge < -0.3 is 14.9 Å². The van der Waals surface area contributed by atoms with E-state index in [1.54, 1.807) is 4.90 Å². The van der Waals surface area contributed by atoms with Crippen LogP contribution in [0.4, 0.5) is 43.4 Å². The minimum atomic E-state index is -4.64. The Morgan fingerprint density at radius 3 is 2.33 bits per heavy atom. The van der Waals surface area contributed by atoms with E-state index in [2.05, 4.69) is 4.99 Å². The average molecular weight is 547 g/mol. The Morgan fingerprint density at radius 1 is 0.949 bits per heavy atom. The molecule has 0 aliphatic carbocycles. The molecule has 1 N–H and O–H groups in total. The van der Waals surface area contributed by atoms with Crippen LogP contribution in [-0.4, -0.2) is 30.0 Å². The molecule has 0 radical (unpaired) electrons. The lowest BCUT2D eigenvalue weighted by atomic mass is 9.89. The number of aliphatic imine (C=N–C) groups is 1. The highest BCUT2D eigenvalue weighted by molar-refractivity contribution is 6.04. The molecule has 2 aliphatic rings. The Hall–Kier alpha value is -4.02. The SMILES string of the molecule is O=C(O)CC1c2cccc(F)c2N=C(C2CCN(c3ccc(F)cc3F)CC2)N1c1cccc(C(F)(F)F)c1. The zero-order valence-electron chi connectivity index (χ0n) is 20.4. The molecule has 3 aromatic carbocycles. The van der Waals surface area contributed by atoms with Gasteiger partial charge in [0.15, 0.2) is 0 Å². The van der Waals surface area contributed by atoms with E-state index >= 15 is 0 Å². The van der Waals surface area contributed by atoms with Crippen molar-refractivity contribution in [3.8, 4) is 0 Å². The van der Waals surface area contributed by atoms with Gasteiger partial charge in [0, 0.05) is 36.3 Å². The Balaban J connectivity index is 1.56. The highest BCUT2D eigenvalue weighted by Gasteiger charge is 2.39. The van der Waals surface area contributed by atoms with Gasteiger partial charge in [-0.2, -0.15) is 13.2 Å². The Morgan fingerprint density at radius 2 is 1.67 bits per heavy atom. The molecular weight excluding hydrogens is 524 g/mol. The first-order valence-corrected chi connectivity index (χ1v) is 12.3. The lowest BCUT2D eigenvalue weighted by molar-refractivity contribution is -0.138. The summed E-state index contributed by atoms with van der Waals surface area (Å²) >= 11 is 0. The maximum atomic E-state index is 14.9. The number of para-hydroxylation sites is 1. The van der Waals surface area contributed by atoms with Gasteiger partial charge in [-0.1, -0.05) is 18.2 Å². The fraction of sp³-hybridized carbons (Fsp3) is 0.286. The molecule has 39 heavy (non-hydrogen) atoms. The zero-order chi connectivity index (χ0) is 27.9. The first-order valence-electron chi connectivity index (χ1n) is 12.3. The molecule has 0 bridgehead atoms. The molecule has 5 rings (SSSR count). The number of hydrogen-bond donors (Lipinski definition) is 1. The topological polar surface area (TPSA) is 56.1 Å². The third-order valence-electron chi connectivity index (χ3n) is 7.09. The predicted octanol–water partition coefficient (Wildman–Crippen LogP) is 7.11. The summed E-state index contributed by atoms with van der Waals surface area (Å²) in [6.45, 7) is 0.632. The van der Waals surface area contributed by atoms with Gasteiger partial charge in [0.25, 0.3) is 0 Å². The number of anilines is 2. The van der Waals surface area contributed by atoms with Crippen LogP contribution in [0.5, 0.6) is 0 Å². The summed E-state index contributed by atoms with van der Waals surface area (Å²) in [6.07, 6.45) is -4.41. The summed E-state index contributed by atoms with van der Waals surface area (Å²) in [7, 11) is 0. The summed E-state index contributed by atoms with van der Waals surface area (Å²) in [6, 6.07) is 10.9. The number of nitrogens with zero attached hydrogens (tertiary/aromatic N) is 3. The summed E-state index contributed by atoms with van der Waals surface area (Å²) in [4.78, 5) is 19.6. The highest BCUT2D eigenvalue weighted by atomic mass is 19.4. The fourth-order valence-electron chi connectivity index (χ4n) is 5.30. The van der Waals surface area contributed by atoms with Crippen LogP contribution in [0.1, 0.15) is 36.4 Å². The van der Waals surface area contributed by atoms with Crippen molar-refractivity contribution in [1.29, 1.82) is 0 Å². The maximum absolute atomic E-state index is 14.9. The van der Waals surface area contributed by atoms with Crippen LogP contribution in [0.25, 0.3) is 0 Å². The van der Waals surface area contributed by atoms with Crippen molar-refractivity contribution in [1.82, 2.24) is 0 Å². The standard InChI is InChI=1S/C28H23F6N3O2/c29-18-7-8-23(22(31)14-18)36-11-9-16(10-12-36)27-35-26-20(5-2-6-21(26)30)24(15-25(38)39)37(27)19-4-1-3-17(13-19)28(32,33)34/h1-8,13-14,16,24H,9-12,15H2,(H,38,39). The van der Waals surface area contributed by atoms with Crippen molar-refractivity contribution < 1.29 is 36.2 Å². The second-order valence-electron chi connectivity index (χ2n) is 9.54. The van der Waals surface area contributed by atoms with Crippen molar-refractivity contribution in [2.75, 3.05) is 22.9 Å². The number of carboxylic acids is 1. The molecule has 0 amide bonds. The average Bonchev–Trinajstić information content (AvgIpc) is 2.88. The molecule has 0 saturated carbocycles. The summed E-state index contributed by atoms with van der Waals surface area (Å²) in [5, 5.41) is 9.70. The van der Waals surface area contributed by atoms with Crippen molar-refractivity contribution in [2.24, 2.45) is 10.9 Å². The number of carboxylic acid groups (broad SMARTS) is 1. The molecule has 3 aromatic rings. The van der Waals surface area contributed by atoms with Crippen molar-refractivity contribution >= 4 is 28.9 Å². The number of alkyl halides is 3. The number of fused-ring (bicyclic) bond motifs is 1. The molecule has 5 nitrogen and oxygen atoms in total. The molecule has 1 atom stereocenters. The normalized spacial score (nSPS) is 18.1. The van der Waals surface area contributed by atoms with E-state index in [-0.39, 0.29) is 28.5 Å². The number of piperidine rings is 1. The number of carbonyl (C=O) groups is 1. The lowest BCUT2D eigenvalue weighted by Gasteiger charge is -2.43. The number of benzene rings is 3. The monoisotopic (exact) mass is 547 g/mol. The van der Waals surface area contributed by atoms with E-state index in [0.29, 0.717) is 25.9 Å². The van der Waals surface area contributed by atoms with E-state index in [9.17, 15) is 36.2 Å². The van der Waals surface area contributed by atoms with E-state index < -0.39 is 53.5 Å². The quantitative estimate of drug-likeness (QED) is 0.346. The van der Waals surface area contributed by atoms with E-state index in [4.69, 9.17) is 0 Å². The molecule has 0 aromatic heterocycles. The van der Waals surface area contributed by atoms with Gasteiger partial charge in [-0.15, -0.1) is 0 Å². The van der Waals surface area contributed by atoms with Crippen LogP contribution in [0, 0.1) is 23.4 Å². The largest absolute Gasteiger partial charge is 0.481 e. The zero-order valence-corrected chi connectivity index (χ0v) is 20.4. The third kappa shape index (κ3) is 5.30. The summed E-state index contributed by atoms with van der Waals surface area (Å²) < 4.78 is 83.5. The molecule has 0 spiro atoms. The minimum Gasteiger partial charge on any atom is -0.481 e. The van der Waals surface area contributed by atoms with Gasteiger partial charge >= 0.3 is 12.1 Å². The van der Waals surface area contributed by atoms with Crippen molar-refractivity contribution in [2.45, 2.75) is 31.5 Å². The van der Waals surface area contributed by atoms with Crippen molar-refractivity contribution in [3.63, 3.8) is 0 Å². The molecule has 1 saturated heterocycles. The lowest BCUT2D eigenvalue weighted by Crippen LogP contribution is -2.46. The first kappa shape index (κ1) is 26.6. The number of rotatable bonds is 5. The van der Waals surface area contributed by atoms with Crippen LogP contribution in [0.2, 0.25) is 0 Å². The van der Waals surface area contributed by atoms with Gasteiger partial charge in [-0.3, -0.25) is 4.79 Å². The fourth-order valence-corrected chi connectivity index (χ4v) is 5.30. The third-order valence-corrected chi connectivity index (χ3v) is 7.09. The second kappa shape index (κ2) is 10.3. The molecular formula is C28H23F6N3O2. The molecule has 11 heteroatoms. The van der Waals surface area contributed by atoms with E-state index in [1.165, 1.54) is 41.3 Å². The Kier molecular flexibility index (Phi) is 7.00. The Bertz CT molecular complexity index is 1430. The molecule has 2 aliphatic heterocycles. The smallest absolute Gasteiger partial charge is 0.416 e. The van der Waals surface area contributed by atoms with Crippen LogP contribution < -0.4 is 9.80 Å². The van der Waals surface area contributed by atoms with E-state index in [0.717, 1.165) is 24.3 Å². The minimum absolute atomic E-state index is 0.0472. The van der Waals surface area contributed by atoms with E-state index in [1.807, 2.05) is 0 Å². The van der Waals surface area contributed by atoms with Gasteiger partial charge in [0.2, 0.25) is 0 Å². The maximum Gasteiger partial charge on any atom is 0.416 e. The summed E-state index contributed by atoms with van der Waals surface area (Å²) in [5.74, 6) is -3.46. The molecule has 1 fully saturated rings. The Labute approximate surface area is 220 Å².